The minimum Gasteiger partial charge on any atom is -0.496 e. The zero-order chi connectivity index (χ0) is 22.7. The highest BCUT2D eigenvalue weighted by Gasteiger charge is 2.37. The van der Waals surface area contributed by atoms with E-state index in [9.17, 15) is 21.6 Å². The van der Waals surface area contributed by atoms with Crippen molar-refractivity contribution in [1.82, 2.24) is 10.2 Å². The zero-order valence-electron chi connectivity index (χ0n) is 17.0. The predicted octanol–water partition coefficient (Wildman–Crippen LogP) is 0.0830. The number of hydrogen-bond donors (Lipinski definition) is 3. The lowest BCUT2D eigenvalue weighted by molar-refractivity contribution is 0.0907. The van der Waals surface area contributed by atoms with E-state index in [-0.39, 0.29) is 34.2 Å². The van der Waals surface area contributed by atoms with Gasteiger partial charge in [0, 0.05) is 19.2 Å². The van der Waals surface area contributed by atoms with Crippen LogP contribution in [0.15, 0.2) is 17.0 Å². The number of amides is 1. The molecule has 0 spiro atoms. The van der Waals surface area contributed by atoms with Gasteiger partial charge in [-0.25, -0.2) is 12.6 Å². The van der Waals surface area contributed by atoms with E-state index in [0.29, 0.717) is 19.5 Å². The second-order valence-electron chi connectivity index (χ2n) is 6.75. The van der Waals surface area contributed by atoms with Crippen LogP contribution in [0, 0.1) is 0 Å². The van der Waals surface area contributed by atoms with Crippen LogP contribution in [-0.2, 0) is 24.4 Å². The van der Waals surface area contributed by atoms with Gasteiger partial charge < -0.3 is 15.8 Å². The fourth-order valence-corrected chi connectivity index (χ4v) is 5.01. The molecule has 0 saturated carbocycles. The number of sulfone groups is 1. The van der Waals surface area contributed by atoms with Crippen LogP contribution in [0.4, 0.5) is 5.69 Å². The number of carbonyl (C=O) groups excluding carboxylic acids is 1. The molecule has 1 amide bonds. The molecule has 1 aromatic rings. The molecular formula is C17H27N3O8S2. The molecule has 1 aliphatic rings. The number of nitrogens with one attached hydrogen (secondary N) is 1. The van der Waals surface area contributed by atoms with Crippen LogP contribution < -0.4 is 15.8 Å². The number of likely N-dealkylation sites (N-methyl/N-ethyl adjacent to an activating group) is 1. The normalized spacial score (nSPS) is 20.3. The predicted molar refractivity (Wildman–Crippen MR) is 110 cm³/mol. The summed E-state index contributed by atoms with van der Waals surface area (Å²) in [5.41, 5.74) is 5.77. The number of nitrogens with two attached hydrogens (primary N) is 1. The van der Waals surface area contributed by atoms with Crippen LogP contribution >= 0.6 is 0 Å². The molecular weight excluding hydrogens is 438 g/mol. The smallest absolute Gasteiger partial charge is 0.397 e. The molecule has 1 saturated heterocycles. The Bertz CT molecular complexity index is 995. The second-order valence-corrected chi connectivity index (χ2v) is 10.0. The minimum atomic E-state index is -4.64. The van der Waals surface area contributed by atoms with E-state index in [1.807, 2.05) is 11.8 Å². The molecule has 1 aliphatic heterocycles. The first kappa shape index (κ1) is 24.3. The summed E-state index contributed by atoms with van der Waals surface area (Å²) in [7, 11) is -6.98. The highest BCUT2D eigenvalue weighted by Crippen LogP contribution is 2.29. The van der Waals surface area contributed by atoms with Crippen molar-refractivity contribution in [3.05, 3.63) is 17.7 Å². The van der Waals surface area contributed by atoms with Gasteiger partial charge in [-0.2, -0.15) is 8.42 Å². The van der Waals surface area contributed by atoms with Crippen LogP contribution in [0.2, 0.25) is 0 Å². The van der Waals surface area contributed by atoms with Gasteiger partial charge in [-0.1, -0.05) is 13.8 Å². The highest BCUT2D eigenvalue weighted by molar-refractivity contribution is 7.91. The van der Waals surface area contributed by atoms with E-state index in [1.54, 1.807) is 0 Å². The summed E-state index contributed by atoms with van der Waals surface area (Å²) in [5.74, 6) is -0.704. The number of nitrogens with zero attached hydrogens (tertiary/aromatic N) is 1. The number of carbonyl (C=O) groups is 1. The van der Waals surface area contributed by atoms with E-state index >= 15 is 0 Å². The molecule has 1 aromatic carbocycles. The van der Waals surface area contributed by atoms with Gasteiger partial charge in [0.1, 0.15) is 5.75 Å². The summed E-state index contributed by atoms with van der Waals surface area (Å²) in [5, 5.41) is 2.66. The number of anilines is 1. The molecule has 0 radical (unpaired) electrons. The number of hydrogen-bond acceptors (Lipinski definition) is 9. The molecule has 13 heteroatoms. The molecule has 0 aliphatic carbocycles. The van der Waals surface area contributed by atoms with Gasteiger partial charge >= 0.3 is 10.4 Å². The van der Waals surface area contributed by atoms with Crippen molar-refractivity contribution < 1.29 is 35.1 Å². The fourth-order valence-electron chi connectivity index (χ4n) is 3.45. The summed E-state index contributed by atoms with van der Waals surface area (Å²) in [6.45, 7) is 4.45. The molecule has 170 valence electrons. The number of rotatable bonds is 9. The third-order valence-corrected chi connectivity index (χ3v) is 7.29. The number of ether oxygens (including phenoxy) is 1. The Morgan fingerprint density at radius 2 is 1.97 bits per heavy atom. The van der Waals surface area contributed by atoms with E-state index in [1.165, 1.54) is 26.2 Å². The first-order valence-corrected chi connectivity index (χ1v) is 12.3. The fraction of sp³-hybridized carbons (Fsp3) is 0.588. The van der Waals surface area contributed by atoms with Crippen molar-refractivity contribution in [2.45, 2.75) is 37.3 Å². The largest absolute Gasteiger partial charge is 0.496 e. The molecule has 2 atom stereocenters. The third-order valence-electron chi connectivity index (χ3n) is 5.01. The average molecular weight is 466 g/mol. The van der Waals surface area contributed by atoms with Crippen molar-refractivity contribution in [3.63, 3.8) is 0 Å². The van der Waals surface area contributed by atoms with E-state index in [2.05, 4.69) is 5.32 Å². The number of methoxy groups -OCH3 is 1. The van der Waals surface area contributed by atoms with E-state index in [4.69, 9.17) is 19.2 Å². The number of benzene rings is 1. The van der Waals surface area contributed by atoms with Crippen LogP contribution in [0.1, 0.15) is 30.6 Å². The van der Waals surface area contributed by atoms with Gasteiger partial charge in [0.2, 0.25) is 0 Å². The Morgan fingerprint density at radius 1 is 1.30 bits per heavy atom. The second kappa shape index (κ2) is 9.47. The Balaban J connectivity index is 2.27. The molecule has 1 heterocycles. The molecule has 0 aromatic heterocycles. The molecule has 4 N–H and O–H groups in total. The van der Waals surface area contributed by atoms with Gasteiger partial charge in [0.15, 0.2) is 9.84 Å². The van der Waals surface area contributed by atoms with Crippen LogP contribution in [0.3, 0.4) is 0 Å². The van der Waals surface area contributed by atoms with Gasteiger partial charge in [-0.3, -0.25) is 14.2 Å². The van der Waals surface area contributed by atoms with Crippen molar-refractivity contribution in [2.75, 3.05) is 38.2 Å². The van der Waals surface area contributed by atoms with Gasteiger partial charge in [-0.05, 0) is 19.0 Å². The van der Waals surface area contributed by atoms with Crippen molar-refractivity contribution in [2.24, 2.45) is 0 Å². The molecule has 0 bridgehead atoms. The number of likely N-dealkylation sites (tertiary alicyclic amines) is 1. The summed E-state index contributed by atoms with van der Waals surface area (Å²) in [6.07, 6.45) is -0.470. The van der Waals surface area contributed by atoms with Crippen molar-refractivity contribution in [1.29, 1.82) is 0 Å². The lowest BCUT2D eigenvalue weighted by Gasteiger charge is -2.26. The summed E-state index contributed by atoms with van der Waals surface area (Å²) >= 11 is 0. The lowest BCUT2D eigenvalue weighted by atomic mass is 10.1. The van der Waals surface area contributed by atoms with Gasteiger partial charge in [0.05, 0.1) is 41.2 Å². The topological polar surface area (TPSA) is 165 Å². The SMILES string of the molecule is CCN1CCC(OS(=O)(=O)O)C1CNC(=O)c1cc(S(=O)(=O)CC)c(N)cc1OC. The van der Waals surface area contributed by atoms with E-state index in [0.717, 1.165) is 0 Å². The molecule has 2 rings (SSSR count). The minimum absolute atomic E-state index is 0.0102. The highest BCUT2D eigenvalue weighted by atomic mass is 32.3. The van der Waals surface area contributed by atoms with Crippen LogP contribution in [0.5, 0.6) is 5.75 Å². The number of nitrogen functional groups attached to an aromatic ring is 1. The Kier molecular flexibility index (Phi) is 7.69. The Labute approximate surface area is 176 Å². The first-order valence-electron chi connectivity index (χ1n) is 9.31. The Morgan fingerprint density at radius 3 is 2.50 bits per heavy atom. The Hall–Kier alpha value is -1.93. The summed E-state index contributed by atoms with van der Waals surface area (Å²) < 4.78 is 65.6. The zero-order valence-corrected chi connectivity index (χ0v) is 18.6. The maximum Gasteiger partial charge on any atom is 0.397 e. The van der Waals surface area contributed by atoms with Crippen LogP contribution in [0.25, 0.3) is 0 Å². The standard InChI is InChI=1S/C17H27N3O8S2/c1-4-20-7-6-14(28-30(24,25)26)13(20)10-19-17(21)11-8-16(29(22,23)5-2)12(18)9-15(11)27-3/h8-9,13-14H,4-7,10,18H2,1-3H3,(H,19,21)(H,24,25,26). The molecule has 1 fully saturated rings. The molecule has 30 heavy (non-hydrogen) atoms. The van der Waals surface area contributed by atoms with Crippen LogP contribution in [-0.4, -0.2) is 76.8 Å². The first-order chi connectivity index (χ1) is 13.9. The van der Waals surface area contributed by atoms with Gasteiger partial charge in [-0.15, -0.1) is 0 Å². The van der Waals surface area contributed by atoms with Crippen molar-refractivity contribution in [3.8, 4) is 5.75 Å². The summed E-state index contributed by atoms with van der Waals surface area (Å²) in [6, 6.07) is 1.94. The maximum atomic E-state index is 12.8. The monoisotopic (exact) mass is 465 g/mol. The lowest BCUT2D eigenvalue weighted by Crippen LogP contribution is -2.46. The quantitative estimate of drug-likeness (QED) is 0.336. The average Bonchev–Trinajstić information content (AvgIpc) is 3.05. The third kappa shape index (κ3) is 5.60. The van der Waals surface area contributed by atoms with E-state index < -0.39 is 38.3 Å². The molecule has 2 unspecified atom stereocenters. The van der Waals surface area contributed by atoms with Gasteiger partial charge in [0.25, 0.3) is 5.91 Å². The summed E-state index contributed by atoms with van der Waals surface area (Å²) in [4.78, 5) is 14.5. The van der Waals surface area contributed by atoms with Crippen molar-refractivity contribution >= 4 is 31.8 Å². The molecule has 11 nitrogen and oxygen atoms in total. The maximum absolute atomic E-state index is 12.8.